The summed E-state index contributed by atoms with van der Waals surface area (Å²) < 4.78 is 57.7. The summed E-state index contributed by atoms with van der Waals surface area (Å²) in [5, 5.41) is 10.4. The van der Waals surface area contributed by atoms with E-state index in [0.29, 0.717) is 12.8 Å². The van der Waals surface area contributed by atoms with Crippen LogP contribution in [0.5, 0.6) is 5.75 Å². The number of alkyl halides is 3. The molecule has 21 heavy (non-hydrogen) atoms. The van der Waals surface area contributed by atoms with Crippen molar-refractivity contribution < 1.29 is 27.4 Å². The van der Waals surface area contributed by atoms with Gasteiger partial charge in [0.25, 0.3) is 0 Å². The number of ether oxygens (including phenoxy) is 1. The van der Waals surface area contributed by atoms with Crippen LogP contribution >= 0.6 is 0 Å². The van der Waals surface area contributed by atoms with Gasteiger partial charge in [-0.1, -0.05) is 12.8 Å². The maximum absolute atomic E-state index is 13.4. The lowest BCUT2D eigenvalue weighted by Crippen LogP contribution is -2.36. The monoisotopic (exact) mass is 306 g/mol. The van der Waals surface area contributed by atoms with Crippen molar-refractivity contribution in [1.82, 2.24) is 0 Å². The topological polar surface area (TPSA) is 29.5 Å². The largest absolute Gasteiger partial charge is 0.496 e. The Morgan fingerprint density at radius 3 is 2.52 bits per heavy atom. The molecule has 2 nitrogen and oxygen atoms in total. The van der Waals surface area contributed by atoms with E-state index in [9.17, 15) is 22.7 Å². The Labute approximate surface area is 120 Å². The number of hydrogen-bond donors (Lipinski definition) is 1. The minimum Gasteiger partial charge on any atom is -0.496 e. The molecule has 6 heteroatoms. The Balaban J connectivity index is 2.33. The van der Waals surface area contributed by atoms with Crippen molar-refractivity contribution >= 4 is 0 Å². The second-order valence-corrected chi connectivity index (χ2v) is 5.43. The fraction of sp³-hybridized carbons (Fsp3) is 0.600. The number of halogens is 4. The minimum absolute atomic E-state index is 0.00284. The lowest BCUT2D eigenvalue weighted by atomic mass is 9.74. The van der Waals surface area contributed by atoms with E-state index < -0.39 is 29.9 Å². The third kappa shape index (κ3) is 3.48. The second kappa shape index (κ2) is 6.22. The Hall–Kier alpha value is -1.30. The van der Waals surface area contributed by atoms with Crippen LogP contribution in [0.2, 0.25) is 0 Å². The molecule has 1 fully saturated rings. The Morgan fingerprint density at radius 1 is 1.24 bits per heavy atom. The predicted molar refractivity (Wildman–Crippen MR) is 69.4 cm³/mol. The molecule has 118 valence electrons. The van der Waals surface area contributed by atoms with Gasteiger partial charge in [-0.2, -0.15) is 13.2 Å². The number of hydrogen-bond acceptors (Lipinski definition) is 2. The van der Waals surface area contributed by atoms with Crippen molar-refractivity contribution in [1.29, 1.82) is 0 Å². The van der Waals surface area contributed by atoms with Gasteiger partial charge in [0, 0.05) is 11.5 Å². The smallest absolute Gasteiger partial charge is 0.392 e. The molecule has 2 rings (SSSR count). The van der Waals surface area contributed by atoms with Crippen LogP contribution in [0.15, 0.2) is 18.2 Å². The van der Waals surface area contributed by atoms with E-state index in [1.807, 2.05) is 0 Å². The van der Waals surface area contributed by atoms with Gasteiger partial charge in [-0.25, -0.2) is 4.39 Å². The zero-order valence-corrected chi connectivity index (χ0v) is 11.7. The highest BCUT2D eigenvalue weighted by atomic mass is 19.4. The lowest BCUT2D eigenvalue weighted by molar-refractivity contribution is -0.207. The van der Waals surface area contributed by atoms with Crippen molar-refractivity contribution in [3.05, 3.63) is 29.6 Å². The lowest BCUT2D eigenvalue weighted by Gasteiger charge is -2.36. The van der Waals surface area contributed by atoms with E-state index in [4.69, 9.17) is 4.74 Å². The molecule has 1 saturated carbocycles. The first-order valence-corrected chi connectivity index (χ1v) is 6.93. The molecule has 1 N–H and O–H groups in total. The summed E-state index contributed by atoms with van der Waals surface area (Å²) >= 11 is 0. The van der Waals surface area contributed by atoms with Gasteiger partial charge >= 0.3 is 6.18 Å². The third-order valence-corrected chi connectivity index (χ3v) is 4.16. The van der Waals surface area contributed by atoms with Crippen molar-refractivity contribution in [2.75, 3.05) is 7.11 Å². The Kier molecular flexibility index (Phi) is 4.76. The first-order chi connectivity index (χ1) is 9.84. The van der Waals surface area contributed by atoms with Crippen molar-refractivity contribution in [3.8, 4) is 5.75 Å². The average molecular weight is 306 g/mol. The summed E-state index contributed by atoms with van der Waals surface area (Å²) in [5.74, 6) is -2.93. The highest BCUT2D eigenvalue weighted by Crippen LogP contribution is 2.47. The van der Waals surface area contributed by atoms with Crippen LogP contribution in [-0.4, -0.2) is 18.4 Å². The summed E-state index contributed by atoms with van der Waals surface area (Å²) in [5.41, 5.74) is 0.0821. The van der Waals surface area contributed by atoms with Gasteiger partial charge in [-0.05, 0) is 31.0 Å². The number of rotatable bonds is 3. The zero-order valence-electron chi connectivity index (χ0n) is 11.7. The fourth-order valence-electron chi connectivity index (χ4n) is 3.11. The molecule has 3 unspecified atom stereocenters. The van der Waals surface area contributed by atoms with Gasteiger partial charge in [0.2, 0.25) is 0 Å². The molecule has 1 aromatic carbocycles. The maximum Gasteiger partial charge on any atom is 0.392 e. The third-order valence-electron chi connectivity index (χ3n) is 4.16. The molecule has 3 atom stereocenters. The van der Waals surface area contributed by atoms with E-state index in [2.05, 4.69) is 0 Å². The molecule has 0 aromatic heterocycles. The van der Waals surface area contributed by atoms with E-state index in [1.54, 1.807) is 0 Å². The van der Waals surface area contributed by atoms with Crippen LogP contribution in [-0.2, 0) is 0 Å². The second-order valence-electron chi connectivity index (χ2n) is 5.43. The molecule has 0 spiro atoms. The van der Waals surface area contributed by atoms with Gasteiger partial charge in [0.05, 0.1) is 19.1 Å². The number of methoxy groups -OCH3 is 1. The predicted octanol–water partition coefficient (Wildman–Crippen LogP) is 4.24. The molecular formula is C15H18F4O2. The quantitative estimate of drug-likeness (QED) is 0.847. The van der Waals surface area contributed by atoms with Gasteiger partial charge < -0.3 is 9.84 Å². The first-order valence-electron chi connectivity index (χ1n) is 6.93. The maximum atomic E-state index is 13.4. The van der Waals surface area contributed by atoms with E-state index >= 15 is 0 Å². The Bertz CT molecular complexity index is 487. The van der Waals surface area contributed by atoms with Crippen molar-refractivity contribution in [2.45, 2.75) is 38.0 Å². The van der Waals surface area contributed by atoms with E-state index in [-0.39, 0.29) is 24.2 Å². The Morgan fingerprint density at radius 2 is 1.90 bits per heavy atom. The van der Waals surface area contributed by atoms with Crippen LogP contribution in [0.25, 0.3) is 0 Å². The molecule has 0 bridgehead atoms. The fourth-order valence-corrected chi connectivity index (χ4v) is 3.11. The minimum atomic E-state index is -4.35. The highest BCUT2D eigenvalue weighted by Gasteiger charge is 2.48. The summed E-state index contributed by atoms with van der Waals surface area (Å²) in [6, 6.07) is 3.52. The van der Waals surface area contributed by atoms with Gasteiger partial charge in [-0.15, -0.1) is 0 Å². The molecule has 0 heterocycles. The van der Waals surface area contributed by atoms with Crippen LogP contribution in [0.1, 0.15) is 37.4 Å². The number of benzene rings is 1. The zero-order chi connectivity index (χ0) is 15.6. The molecule has 0 aliphatic heterocycles. The molecular weight excluding hydrogens is 288 g/mol. The molecule has 0 amide bonds. The number of aliphatic hydroxyl groups is 1. The SMILES string of the molecule is COc1ccc(F)cc1C(O)C1CCCCC1C(F)(F)F. The van der Waals surface area contributed by atoms with Crippen LogP contribution < -0.4 is 4.74 Å². The highest BCUT2D eigenvalue weighted by molar-refractivity contribution is 5.36. The molecule has 1 aromatic rings. The average Bonchev–Trinajstić information content (AvgIpc) is 2.45. The van der Waals surface area contributed by atoms with Gasteiger partial charge in [-0.3, -0.25) is 0 Å². The normalized spacial score (nSPS) is 24.7. The van der Waals surface area contributed by atoms with Gasteiger partial charge in [0.1, 0.15) is 11.6 Å². The van der Waals surface area contributed by atoms with Crippen molar-refractivity contribution in [2.24, 2.45) is 11.8 Å². The van der Waals surface area contributed by atoms with Crippen molar-refractivity contribution in [3.63, 3.8) is 0 Å². The number of aliphatic hydroxyl groups excluding tert-OH is 1. The van der Waals surface area contributed by atoms with Crippen LogP contribution in [0.3, 0.4) is 0 Å². The van der Waals surface area contributed by atoms with E-state index in [1.165, 1.54) is 13.2 Å². The standard InChI is InChI=1S/C15H18F4O2/c1-21-13-7-6-9(16)8-11(13)14(20)10-4-2-3-5-12(10)15(17,18)19/h6-8,10,12,14,20H,2-5H2,1H3. The van der Waals surface area contributed by atoms with E-state index in [0.717, 1.165) is 12.1 Å². The first kappa shape index (κ1) is 16.1. The molecule has 0 radical (unpaired) electrons. The molecule has 1 aliphatic rings. The van der Waals surface area contributed by atoms with Gasteiger partial charge in [0.15, 0.2) is 0 Å². The summed E-state index contributed by atoms with van der Waals surface area (Å²) in [6.45, 7) is 0. The summed E-state index contributed by atoms with van der Waals surface area (Å²) in [7, 11) is 1.34. The van der Waals surface area contributed by atoms with Crippen LogP contribution in [0.4, 0.5) is 17.6 Å². The van der Waals surface area contributed by atoms with Crippen LogP contribution in [0, 0.1) is 17.7 Å². The summed E-state index contributed by atoms with van der Waals surface area (Å²) in [6.07, 6.45) is -4.34. The molecule has 0 saturated heterocycles. The summed E-state index contributed by atoms with van der Waals surface area (Å²) in [4.78, 5) is 0. The molecule has 1 aliphatic carbocycles.